The van der Waals surface area contributed by atoms with Crippen LogP contribution < -0.4 is 15.0 Å². The maximum Gasteiger partial charge on any atom is 0.347 e. The standard InChI is InChI=1S/C21H19FN2O5/c1-4-11-27-20(26)13(2)28-15-6-8-16(9-7-15)29-21-23-18-10-5-14(22)12-17(18)19(25)24(21)3/h4-10,12-13H,1,11H2,2-3H3/t13-/m1/s1. The van der Waals surface area contributed by atoms with E-state index in [0.717, 1.165) is 6.07 Å². The number of benzene rings is 2. The summed E-state index contributed by atoms with van der Waals surface area (Å²) in [6.45, 7) is 5.17. The largest absolute Gasteiger partial charge is 0.479 e. The fourth-order valence-electron chi connectivity index (χ4n) is 2.52. The summed E-state index contributed by atoms with van der Waals surface area (Å²) in [7, 11) is 1.49. The van der Waals surface area contributed by atoms with Gasteiger partial charge in [0.15, 0.2) is 6.10 Å². The van der Waals surface area contributed by atoms with Crippen molar-refractivity contribution in [3.05, 3.63) is 71.3 Å². The molecule has 29 heavy (non-hydrogen) atoms. The highest BCUT2D eigenvalue weighted by atomic mass is 19.1. The van der Waals surface area contributed by atoms with Crippen LogP contribution in [0.1, 0.15) is 6.92 Å². The van der Waals surface area contributed by atoms with Crippen LogP contribution in [0.5, 0.6) is 17.5 Å². The van der Waals surface area contributed by atoms with E-state index >= 15 is 0 Å². The highest BCUT2D eigenvalue weighted by molar-refractivity contribution is 5.78. The van der Waals surface area contributed by atoms with E-state index in [-0.39, 0.29) is 18.0 Å². The minimum Gasteiger partial charge on any atom is -0.479 e. The van der Waals surface area contributed by atoms with Gasteiger partial charge in [-0.05, 0) is 49.4 Å². The molecule has 0 radical (unpaired) electrons. The average Bonchev–Trinajstić information content (AvgIpc) is 2.72. The maximum absolute atomic E-state index is 13.4. The number of carbonyl (C=O) groups is 1. The quantitative estimate of drug-likeness (QED) is 0.449. The lowest BCUT2D eigenvalue weighted by atomic mass is 10.2. The Morgan fingerprint density at radius 3 is 2.62 bits per heavy atom. The van der Waals surface area contributed by atoms with Crippen molar-refractivity contribution in [2.45, 2.75) is 13.0 Å². The van der Waals surface area contributed by atoms with Crippen LogP contribution in [0.4, 0.5) is 4.39 Å². The molecule has 3 aromatic rings. The van der Waals surface area contributed by atoms with E-state index in [0.29, 0.717) is 17.0 Å². The first-order chi connectivity index (χ1) is 13.9. The van der Waals surface area contributed by atoms with E-state index in [1.165, 1.54) is 29.8 Å². The third-order valence-corrected chi connectivity index (χ3v) is 4.02. The van der Waals surface area contributed by atoms with Gasteiger partial charge in [-0.15, -0.1) is 0 Å². The Morgan fingerprint density at radius 1 is 1.24 bits per heavy atom. The molecule has 0 unspecified atom stereocenters. The summed E-state index contributed by atoms with van der Waals surface area (Å²) >= 11 is 0. The van der Waals surface area contributed by atoms with E-state index in [1.54, 1.807) is 31.2 Å². The topological polar surface area (TPSA) is 79.7 Å². The predicted octanol–water partition coefficient (Wildman–Crippen LogP) is 3.36. The van der Waals surface area contributed by atoms with Gasteiger partial charge in [0.25, 0.3) is 5.56 Å². The molecule has 1 atom stereocenters. The Hall–Kier alpha value is -3.68. The summed E-state index contributed by atoms with van der Waals surface area (Å²) in [5.74, 6) is -0.167. The molecule has 2 aromatic carbocycles. The van der Waals surface area contributed by atoms with Crippen molar-refractivity contribution < 1.29 is 23.4 Å². The molecule has 0 saturated heterocycles. The number of ether oxygens (including phenoxy) is 3. The number of rotatable bonds is 7. The summed E-state index contributed by atoms with van der Waals surface area (Å²) in [6.07, 6.45) is 0.687. The summed E-state index contributed by atoms with van der Waals surface area (Å²) in [6, 6.07) is 10.3. The summed E-state index contributed by atoms with van der Waals surface area (Å²) in [4.78, 5) is 28.4. The van der Waals surface area contributed by atoms with Crippen LogP contribution in [0.15, 0.2) is 59.9 Å². The van der Waals surface area contributed by atoms with Crippen LogP contribution in [-0.2, 0) is 16.6 Å². The number of aromatic nitrogens is 2. The molecule has 1 aromatic heterocycles. The van der Waals surface area contributed by atoms with Gasteiger partial charge in [0.1, 0.15) is 23.9 Å². The molecule has 0 aliphatic carbocycles. The summed E-state index contributed by atoms with van der Waals surface area (Å²) in [5, 5.41) is 0.168. The number of fused-ring (bicyclic) bond motifs is 1. The number of esters is 1. The molecular formula is C21H19FN2O5. The first kappa shape index (κ1) is 20.1. The molecule has 0 aliphatic rings. The summed E-state index contributed by atoms with van der Waals surface area (Å²) < 4.78 is 30.7. The normalized spacial score (nSPS) is 11.7. The van der Waals surface area contributed by atoms with E-state index in [1.807, 2.05) is 0 Å². The predicted molar refractivity (Wildman–Crippen MR) is 105 cm³/mol. The first-order valence-corrected chi connectivity index (χ1v) is 8.77. The monoisotopic (exact) mass is 398 g/mol. The number of hydrogen-bond acceptors (Lipinski definition) is 6. The lowest BCUT2D eigenvalue weighted by molar-refractivity contribution is -0.149. The average molecular weight is 398 g/mol. The van der Waals surface area contributed by atoms with Crippen molar-refractivity contribution in [3.63, 3.8) is 0 Å². The second kappa shape index (κ2) is 8.55. The first-order valence-electron chi connectivity index (χ1n) is 8.77. The van der Waals surface area contributed by atoms with Gasteiger partial charge in [-0.25, -0.2) is 9.18 Å². The highest BCUT2D eigenvalue weighted by Gasteiger charge is 2.16. The lowest BCUT2D eigenvalue weighted by Gasteiger charge is -2.14. The molecule has 0 bridgehead atoms. The molecule has 0 saturated carbocycles. The number of halogens is 1. The van der Waals surface area contributed by atoms with Crippen LogP contribution >= 0.6 is 0 Å². The van der Waals surface area contributed by atoms with E-state index in [2.05, 4.69) is 11.6 Å². The van der Waals surface area contributed by atoms with Gasteiger partial charge in [0.2, 0.25) is 0 Å². The second-order valence-electron chi connectivity index (χ2n) is 6.17. The molecule has 1 heterocycles. The van der Waals surface area contributed by atoms with Crippen LogP contribution in [0.25, 0.3) is 10.9 Å². The third kappa shape index (κ3) is 4.60. The van der Waals surface area contributed by atoms with Crippen molar-refractivity contribution in [1.82, 2.24) is 9.55 Å². The fourth-order valence-corrected chi connectivity index (χ4v) is 2.52. The van der Waals surface area contributed by atoms with Crippen molar-refractivity contribution in [3.8, 4) is 17.5 Å². The smallest absolute Gasteiger partial charge is 0.347 e. The number of hydrogen-bond donors (Lipinski definition) is 0. The van der Waals surface area contributed by atoms with Crippen molar-refractivity contribution in [2.24, 2.45) is 7.05 Å². The zero-order valence-corrected chi connectivity index (χ0v) is 15.9. The molecule has 0 aliphatic heterocycles. The molecular weight excluding hydrogens is 379 g/mol. The van der Waals surface area contributed by atoms with Crippen molar-refractivity contribution >= 4 is 16.9 Å². The maximum atomic E-state index is 13.4. The lowest BCUT2D eigenvalue weighted by Crippen LogP contribution is -2.26. The van der Waals surface area contributed by atoms with Crippen LogP contribution in [0.3, 0.4) is 0 Å². The third-order valence-electron chi connectivity index (χ3n) is 4.02. The van der Waals surface area contributed by atoms with E-state index in [4.69, 9.17) is 14.2 Å². The molecule has 0 fully saturated rings. The van der Waals surface area contributed by atoms with E-state index in [9.17, 15) is 14.0 Å². The Morgan fingerprint density at radius 2 is 1.93 bits per heavy atom. The van der Waals surface area contributed by atoms with Crippen molar-refractivity contribution in [2.75, 3.05) is 6.61 Å². The Balaban J connectivity index is 1.75. The van der Waals surface area contributed by atoms with Crippen molar-refractivity contribution in [1.29, 1.82) is 0 Å². The van der Waals surface area contributed by atoms with Gasteiger partial charge in [0, 0.05) is 7.05 Å². The van der Waals surface area contributed by atoms with Gasteiger partial charge in [-0.2, -0.15) is 4.98 Å². The van der Waals surface area contributed by atoms with Crippen LogP contribution in [0.2, 0.25) is 0 Å². The van der Waals surface area contributed by atoms with Gasteiger partial charge in [-0.1, -0.05) is 12.7 Å². The Labute approximate surface area is 166 Å². The summed E-state index contributed by atoms with van der Waals surface area (Å²) in [5.41, 5.74) is -0.0902. The second-order valence-corrected chi connectivity index (χ2v) is 6.17. The zero-order valence-electron chi connectivity index (χ0n) is 15.9. The molecule has 3 rings (SSSR count). The van der Waals surface area contributed by atoms with E-state index < -0.39 is 23.4 Å². The van der Waals surface area contributed by atoms with Gasteiger partial charge >= 0.3 is 12.0 Å². The highest BCUT2D eigenvalue weighted by Crippen LogP contribution is 2.24. The molecule has 0 spiro atoms. The van der Waals surface area contributed by atoms with Gasteiger partial charge < -0.3 is 14.2 Å². The van der Waals surface area contributed by atoms with Gasteiger partial charge in [-0.3, -0.25) is 9.36 Å². The number of carbonyl (C=O) groups excluding carboxylic acids is 1. The molecule has 0 N–H and O–H groups in total. The molecule has 150 valence electrons. The fraction of sp³-hybridized carbons (Fsp3) is 0.190. The SMILES string of the molecule is C=CCOC(=O)[C@@H](C)Oc1ccc(Oc2nc3ccc(F)cc3c(=O)n2C)cc1. The Bertz CT molecular complexity index is 1110. The molecule has 7 nitrogen and oxygen atoms in total. The zero-order chi connectivity index (χ0) is 21.0. The van der Waals surface area contributed by atoms with Crippen LogP contribution in [0, 0.1) is 5.82 Å². The minimum absolute atomic E-state index is 0.0594. The number of nitrogens with zero attached hydrogens (tertiary/aromatic N) is 2. The molecule has 8 heteroatoms. The Kier molecular flexibility index (Phi) is 5.92. The minimum atomic E-state index is -0.787. The van der Waals surface area contributed by atoms with Crippen LogP contribution in [-0.4, -0.2) is 28.2 Å². The van der Waals surface area contributed by atoms with Gasteiger partial charge in [0.05, 0.1) is 10.9 Å². The molecule has 0 amide bonds.